The van der Waals surface area contributed by atoms with Crippen molar-refractivity contribution in [2.75, 3.05) is 23.8 Å². The third-order valence-electron chi connectivity index (χ3n) is 7.13. The van der Waals surface area contributed by atoms with Gasteiger partial charge >= 0.3 is 5.82 Å². The molecule has 0 amide bonds. The number of anilines is 2. The van der Waals surface area contributed by atoms with E-state index >= 15 is 0 Å². The number of hydrogen-bond donors (Lipinski definition) is 1. The standard InChI is InChI=1S/C27H31N6OS/c1-6-21-22(14(2)3)25(31-24-16(5)33(21)24)32-7-8-34-23-15(4)9-17(10-19(23)13-32)18-11-20-26(29-12-18)35-27(28)30-20/h9-12,14,16H,6-8,13H2,1-5H3,(H2,28,30)/q+1. The van der Waals surface area contributed by atoms with Gasteiger partial charge in [0, 0.05) is 23.7 Å². The van der Waals surface area contributed by atoms with Gasteiger partial charge in [-0.05, 0) is 54.1 Å². The Morgan fingerprint density at radius 3 is 2.83 bits per heavy atom. The second kappa shape index (κ2) is 8.16. The van der Waals surface area contributed by atoms with E-state index in [9.17, 15) is 0 Å². The van der Waals surface area contributed by atoms with Crippen LogP contribution in [0.2, 0.25) is 0 Å². The summed E-state index contributed by atoms with van der Waals surface area (Å²) in [5.74, 6) is 3.70. The molecule has 8 heteroatoms. The van der Waals surface area contributed by atoms with Crippen LogP contribution in [-0.4, -0.2) is 28.1 Å². The second-order valence-corrected chi connectivity index (χ2v) is 10.9. The van der Waals surface area contributed by atoms with Crippen molar-refractivity contribution in [1.29, 1.82) is 0 Å². The molecule has 2 N–H and O–H groups in total. The van der Waals surface area contributed by atoms with Crippen molar-refractivity contribution in [1.82, 2.24) is 15.0 Å². The van der Waals surface area contributed by atoms with Crippen LogP contribution in [0.1, 0.15) is 67.9 Å². The van der Waals surface area contributed by atoms with Gasteiger partial charge in [-0.1, -0.05) is 32.1 Å². The zero-order valence-electron chi connectivity index (χ0n) is 20.9. The Morgan fingerprint density at radius 1 is 1.23 bits per heavy atom. The summed E-state index contributed by atoms with van der Waals surface area (Å²) < 4.78 is 8.70. The average molecular weight is 488 g/mol. The predicted molar refractivity (Wildman–Crippen MR) is 140 cm³/mol. The summed E-state index contributed by atoms with van der Waals surface area (Å²) in [5, 5.41) is 0.543. The number of ether oxygens (including phenoxy) is 1. The number of fused-ring (bicyclic) bond motifs is 3. The first-order valence-corrected chi connectivity index (χ1v) is 13.2. The Hall–Kier alpha value is -3.26. The highest BCUT2D eigenvalue weighted by Gasteiger charge is 2.47. The molecule has 2 aliphatic heterocycles. The number of aromatic nitrogens is 4. The number of pyridine rings is 1. The van der Waals surface area contributed by atoms with E-state index in [-0.39, 0.29) is 0 Å². The highest BCUT2D eigenvalue weighted by molar-refractivity contribution is 7.21. The van der Waals surface area contributed by atoms with Gasteiger partial charge in [0.1, 0.15) is 28.4 Å². The summed E-state index contributed by atoms with van der Waals surface area (Å²) in [4.78, 5) is 17.5. The molecule has 3 aromatic heterocycles. The third-order valence-corrected chi connectivity index (χ3v) is 7.94. The van der Waals surface area contributed by atoms with Gasteiger partial charge in [-0.2, -0.15) is 0 Å². The maximum absolute atomic E-state index is 6.30. The molecular weight excluding hydrogens is 456 g/mol. The highest BCUT2D eigenvalue weighted by atomic mass is 32.1. The van der Waals surface area contributed by atoms with Crippen LogP contribution in [0, 0.1) is 6.92 Å². The molecule has 0 spiro atoms. The number of hydrogen-bond acceptors (Lipinski definition) is 7. The number of nitrogens with zero attached hydrogens (tertiary/aromatic N) is 5. The second-order valence-electron chi connectivity index (χ2n) is 9.86. The summed E-state index contributed by atoms with van der Waals surface area (Å²) in [6.07, 6.45) is 2.93. The Labute approximate surface area is 209 Å². The van der Waals surface area contributed by atoms with E-state index in [2.05, 4.69) is 72.3 Å². The Bertz CT molecular complexity index is 1480. The first-order valence-electron chi connectivity index (χ1n) is 12.4. The quantitative estimate of drug-likeness (QED) is 0.411. The summed E-state index contributed by atoms with van der Waals surface area (Å²) in [6.45, 7) is 13.4. The van der Waals surface area contributed by atoms with Crippen LogP contribution in [0.3, 0.4) is 0 Å². The van der Waals surface area contributed by atoms with Crippen LogP contribution in [0.15, 0.2) is 24.4 Å². The van der Waals surface area contributed by atoms with Gasteiger partial charge in [0.25, 0.3) is 5.82 Å². The van der Waals surface area contributed by atoms with E-state index in [1.807, 2.05) is 6.20 Å². The molecule has 0 bridgehead atoms. The lowest BCUT2D eigenvalue weighted by Crippen LogP contribution is -2.31. The molecule has 6 rings (SSSR count). The first kappa shape index (κ1) is 22.2. The molecular formula is C27H31N6OS+. The molecule has 5 heterocycles. The van der Waals surface area contributed by atoms with Crippen molar-refractivity contribution in [3.63, 3.8) is 0 Å². The van der Waals surface area contributed by atoms with E-state index < -0.39 is 0 Å². The average Bonchev–Trinajstić information content (AvgIpc) is 3.40. The SMILES string of the molecule is CCc1c(C(C)C)c(N2CCOc3c(C)cc(-c4cnc5sc(N)nc5c4)cc3C2)nc2[n+]1C2C. The topological polar surface area (TPSA) is 81.0 Å². The van der Waals surface area contributed by atoms with E-state index in [0.717, 1.165) is 58.1 Å². The normalized spacial score (nSPS) is 16.7. The van der Waals surface area contributed by atoms with Crippen LogP contribution >= 0.6 is 11.3 Å². The fourth-order valence-corrected chi connectivity index (χ4v) is 6.14. The lowest BCUT2D eigenvalue weighted by molar-refractivity contribution is -0.599. The summed E-state index contributed by atoms with van der Waals surface area (Å²) in [6, 6.07) is 6.90. The van der Waals surface area contributed by atoms with Gasteiger partial charge in [-0.3, -0.25) is 0 Å². The van der Waals surface area contributed by atoms with E-state index in [4.69, 9.17) is 15.5 Å². The van der Waals surface area contributed by atoms with Gasteiger partial charge in [0.15, 0.2) is 5.13 Å². The molecule has 0 radical (unpaired) electrons. The molecule has 0 fully saturated rings. The molecule has 1 atom stereocenters. The molecule has 35 heavy (non-hydrogen) atoms. The Kier molecular flexibility index (Phi) is 5.18. The highest BCUT2D eigenvalue weighted by Crippen LogP contribution is 2.38. The fraction of sp³-hybridized carbons (Fsp3) is 0.407. The number of aryl methyl sites for hydroxylation is 1. The summed E-state index contributed by atoms with van der Waals surface area (Å²) in [5.41, 5.74) is 14.0. The van der Waals surface area contributed by atoms with E-state index in [0.29, 0.717) is 23.7 Å². The van der Waals surface area contributed by atoms with Crippen LogP contribution < -0.4 is 19.9 Å². The summed E-state index contributed by atoms with van der Waals surface area (Å²) >= 11 is 1.41. The van der Waals surface area contributed by atoms with E-state index in [1.54, 1.807) is 0 Å². The molecule has 0 saturated carbocycles. The largest absolute Gasteiger partial charge is 0.491 e. The number of benzene rings is 1. The van der Waals surface area contributed by atoms with Crippen molar-refractivity contribution < 1.29 is 9.30 Å². The van der Waals surface area contributed by atoms with E-state index in [1.165, 1.54) is 34.0 Å². The van der Waals surface area contributed by atoms with Crippen LogP contribution in [-0.2, 0) is 13.0 Å². The summed E-state index contributed by atoms with van der Waals surface area (Å²) in [7, 11) is 0. The van der Waals surface area contributed by atoms with Gasteiger partial charge < -0.3 is 15.4 Å². The zero-order valence-corrected chi connectivity index (χ0v) is 21.7. The third kappa shape index (κ3) is 3.62. The van der Waals surface area contributed by atoms with Gasteiger partial charge in [-0.25, -0.2) is 14.5 Å². The number of thiazole rings is 1. The molecule has 1 aromatic carbocycles. The maximum Gasteiger partial charge on any atom is 0.346 e. The number of nitrogens with two attached hydrogens (primary N) is 1. The van der Waals surface area contributed by atoms with Gasteiger partial charge in [0.05, 0.1) is 18.7 Å². The van der Waals surface area contributed by atoms with Crippen molar-refractivity contribution in [2.45, 2.75) is 59.5 Å². The number of nitrogen functional groups attached to an aromatic ring is 1. The Balaban J connectivity index is 1.43. The van der Waals surface area contributed by atoms with Crippen molar-refractivity contribution >= 4 is 32.6 Å². The van der Waals surface area contributed by atoms with Crippen molar-refractivity contribution in [3.8, 4) is 16.9 Å². The zero-order chi connectivity index (χ0) is 24.4. The van der Waals surface area contributed by atoms with Crippen LogP contribution in [0.4, 0.5) is 10.9 Å². The minimum absolute atomic E-state index is 0.401. The Morgan fingerprint density at radius 2 is 2.06 bits per heavy atom. The van der Waals surface area contributed by atoms with Gasteiger partial charge in [0.2, 0.25) is 6.04 Å². The lowest BCUT2D eigenvalue weighted by atomic mass is 9.98. The smallest absolute Gasteiger partial charge is 0.346 e. The first-order chi connectivity index (χ1) is 16.9. The van der Waals surface area contributed by atoms with Crippen molar-refractivity contribution in [3.05, 3.63) is 52.6 Å². The molecule has 7 nitrogen and oxygen atoms in total. The molecule has 0 saturated heterocycles. The molecule has 2 aliphatic rings. The predicted octanol–water partition coefficient (Wildman–Crippen LogP) is 4.94. The lowest BCUT2D eigenvalue weighted by Gasteiger charge is -2.22. The molecule has 1 unspecified atom stereocenters. The minimum Gasteiger partial charge on any atom is -0.491 e. The van der Waals surface area contributed by atoms with Crippen LogP contribution in [0.5, 0.6) is 5.75 Å². The van der Waals surface area contributed by atoms with Crippen LogP contribution in [0.25, 0.3) is 21.5 Å². The maximum atomic E-state index is 6.30. The number of rotatable bonds is 4. The molecule has 180 valence electrons. The molecule has 0 aliphatic carbocycles. The molecule has 4 aromatic rings. The van der Waals surface area contributed by atoms with Gasteiger partial charge in [-0.15, -0.1) is 0 Å². The fourth-order valence-electron chi connectivity index (χ4n) is 5.48. The van der Waals surface area contributed by atoms with Crippen molar-refractivity contribution in [2.24, 2.45) is 0 Å². The minimum atomic E-state index is 0.401. The monoisotopic (exact) mass is 487 g/mol.